The average Bonchev–Trinajstić information content (AvgIpc) is 2.63. The largest absolute Gasteiger partial charge is 0.338 e. The number of amides is 2. The minimum Gasteiger partial charge on any atom is -0.338 e. The highest BCUT2D eigenvalue weighted by molar-refractivity contribution is 7.09. The van der Waals surface area contributed by atoms with E-state index >= 15 is 0 Å². The molecule has 1 aromatic rings. The lowest BCUT2D eigenvalue weighted by molar-refractivity contribution is 0.211. The molecule has 1 heterocycles. The van der Waals surface area contributed by atoms with E-state index in [9.17, 15) is 4.79 Å². The quantitative estimate of drug-likeness (QED) is 0.850. The van der Waals surface area contributed by atoms with Gasteiger partial charge in [-0.1, -0.05) is 0 Å². The summed E-state index contributed by atoms with van der Waals surface area (Å²) in [6, 6.07) is -0.0224. The van der Waals surface area contributed by atoms with E-state index in [-0.39, 0.29) is 6.03 Å². The molecule has 0 aromatic carbocycles. The van der Waals surface area contributed by atoms with Crippen molar-refractivity contribution in [3.05, 3.63) is 16.1 Å². The SMILES string of the molecule is CCN(C)C(=O)NCCc1nc(C)cs1. The number of rotatable bonds is 4. The zero-order valence-electron chi connectivity index (χ0n) is 9.41. The maximum absolute atomic E-state index is 11.4. The van der Waals surface area contributed by atoms with Crippen LogP contribution in [0.3, 0.4) is 0 Å². The maximum Gasteiger partial charge on any atom is 0.317 e. The van der Waals surface area contributed by atoms with Gasteiger partial charge in [0.25, 0.3) is 0 Å². The normalized spacial score (nSPS) is 10.1. The Hall–Kier alpha value is -1.10. The maximum atomic E-state index is 11.4. The summed E-state index contributed by atoms with van der Waals surface area (Å²) in [7, 11) is 1.78. The van der Waals surface area contributed by atoms with Crippen LogP contribution < -0.4 is 5.32 Å². The molecule has 84 valence electrons. The molecule has 0 unspecified atom stereocenters. The van der Waals surface area contributed by atoms with Crippen molar-refractivity contribution in [2.24, 2.45) is 0 Å². The van der Waals surface area contributed by atoms with Crippen LogP contribution in [0.2, 0.25) is 0 Å². The van der Waals surface area contributed by atoms with Crippen LogP contribution in [-0.4, -0.2) is 36.1 Å². The molecule has 0 aliphatic heterocycles. The van der Waals surface area contributed by atoms with Crippen LogP contribution in [0.25, 0.3) is 0 Å². The summed E-state index contributed by atoms with van der Waals surface area (Å²) in [6.07, 6.45) is 0.807. The van der Waals surface area contributed by atoms with Gasteiger partial charge in [0.1, 0.15) is 0 Å². The van der Waals surface area contributed by atoms with Crippen LogP contribution in [0.5, 0.6) is 0 Å². The van der Waals surface area contributed by atoms with Crippen molar-refractivity contribution < 1.29 is 4.79 Å². The number of nitrogens with zero attached hydrogens (tertiary/aromatic N) is 2. The molecule has 0 aliphatic carbocycles. The fourth-order valence-electron chi connectivity index (χ4n) is 1.07. The van der Waals surface area contributed by atoms with Crippen molar-refractivity contribution in [1.82, 2.24) is 15.2 Å². The van der Waals surface area contributed by atoms with E-state index in [1.807, 2.05) is 19.2 Å². The molecule has 0 radical (unpaired) electrons. The molecule has 4 nitrogen and oxygen atoms in total. The highest BCUT2D eigenvalue weighted by Crippen LogP contribution is 2.08. The third-order valence-corrected chi connectivity index (χ3v) is 3.13. The number of carbonyl (C=O) groups is 1. The van der Waals surface area contributed by atoms with Gasteiger partial charge in [0.05, 0.1) is 5.01 Å². The Morgan fingerprint density at radius 1 is 1.67 bits per heavy atom. The molecule has 1 rings (SSSR count). The molecule has 15 heavy (non-hydrogen) atoms. The Morgan fingerprint density at radius 2 is 2.40 bits per heavy atom. The van der Waals surface area contributed by atoms with Crippen molar-refractivity contribution in [3.8, 4) is 0 Å². The van der Waals surface area contributed by atoms with Crippen LogP contribution in [0, 0.1) is 6.92 Å². The summed E-state index contributed by atoms with van der Waals surface area (Å²) < 4.78 is 0. The summed E-state index contributed by atoms with van der Waals surface area (Å²) in [5.41, 5.74) is 1.05. The van der Waals surface area contributed by atoms with Gasteiger partial charge in [-0.05, 0) is 13.8 Å². The van der Waals surface area contributed by atoms with Crippen LogP contribution in [0.4, 0.5) is 4.79 Å². The number of urea groups is 1. The van der Waals surface area contributed by atoms with Gasteiger partial charge in [0.15, 0.2) is 0 Å². The first-order chi connectivity index (χ1) is 7.13. The first-order valence-corrected chi connectivity index (χ1v) is 5.91. The second-order valence-corrected chi connectivity index (χ2v) is 4.32. The Kier molecular flexibility index (Phi) is 4.55. The van der Waals surface area contributed by atoms with Gasteiger partial charge in [-0.3, -0.25) is 0 Å². The van der Waals surface area contributed by atoms with E-state index in [1.165, 1.54) is 0 Å². The fraction of sp³-hybridized carbons (Fsp3) is 0.600. The van der Waals surface area contributed by atoms with Gasteiger partial charge in [-0.15, -0.1) is 11.3 Å². The minimum atomic E-state index is -0.0224. The first kappa shape index (κ1) is 12.0. The molecule has 0 bridgehead atoms. The number of carbonyl (C=O) groups excluding carboxylic acids is 1. The summed E-state index contributed by atoms with van der Waals surface area (Å²) in [5.74, 6) is 0. The lowest BCUT2D eigenvalue weighted by Gasteiger charge is -2.14. The topological polar surface area (TPSA) is 45.2 Å². The lowest BCUT2D eigenvalue weighted by Crippen LogP contribution is -2.37. The summed E-state index contributed by atoms with van der Waals surface area (Å²) in [5, 5.41) is 5.94. The van der Waals surface area contributed by atoms with Gasteiger partial charge >= 0.3 is 6.03 Å². The molecule has 0 fully saturated rings. The standard InChI is InChI=1S/C10H17N3OS/c1-4-13(3)10(14)11-6-5-9-12-8(2)7-15-9/h7H,4-6H2,1-3H3,(H,11,14). The Balaban J connectivity index is 2.24. The molecule has 0 saturated carbocycles. The monoisotopic (exact) mass is 227 g/mol. The minimum absolute atomic E-state index is 0.0224. The average molecular weight is 227 g/mol. The third-order valence-electron chi connectivity index (χ3n) is 2.10. The van der Waals surface area contributed by atoms with Gasteiger partial charge in [-0.2, -0.15) is 0 Å². The summed E-state index contributed by atoms with van der Waals surface area (Å²) >= 11 is 1.64. The van der Waals surface area contributed by atoms with Crippen LogP contribution >= 0.6 is 11.3 Å². The summed E-state index contributed by atoms with van der Waals surface area (Å²) in [4.78, 5) is 17.3. The molecule has 5 heteroatoms. The van der Waals surface area contributed by atoms with Gasteiger partial charge in [0, 0.05) is 37.6 Å². The fourth-order valence-corrected chi connectivity index (χ4v) is 1.85. The van der Waals surface area contributed by atoms with E-state index in [0.717, 1.165) is 23.7 Å². The molecule has 2 amide bonds. The number of thiazole rings is 1. The smallest absolute Gasteiger partial charge is 0.317 e. The predicted molar refractivity (Wildman–Crippen MR) is 62.3 cm³/mol. The number of hydrogen-bond donors (Lipinski definition) is 1. The zero-order valence-corrected chi connectivity index (χ0v) is 10.2. The molecule has 1 N–H and O–H groups in total. The molecule has 0 aliphatic rings. The first-order valence-electron chi connectivity index (χ1n) is 5.03. The number of aryl methyl sites for hydroxylation is 1. The molecular weight excluding hydrogens is 210 g/mol. The number of nitrogens with one attached hydrogen (secondary N) is 1. The van der Waals surface area contributed by atoms with Crippen molar-refractivity contribution in [3.63, 3.8) is 0 Å². The van der Waals surface area contributed by atoms with E-state index in [2.05, 4.69) is 10.3 Å². The Morgan fingerprint density at radius 3 is 2.93 bits per heavy atom. The third kappa shape index (κ3) is 3.87. The Bertz CT molecular complexity index is 324. The van der Waals surface area contributed by atoms with Crippen molar-refractivity contribution >= 4 is 17.4 Å². The van der Waals surface area contributed by atoms with E-state index < -0.39 is 0 Å². The van der Waals surface area contributed by atoms with E-state index in [0.29, 0.717) is 6.54 Å². The molecule has 0 spiro atoms. The number of hydrogen-bond acceptors (Lipinski definition) is 3. The van der Waals surface area contributed by atoms with Crippen molar-refractivity contribution in [2.45, 2.75) is 20.3 Å². The molecular formula is C10H17N3OS. The lowest BCUT2D eigenvalue weighted by atomic mass is 10.4. The predicted octanol–water partition coefficient (Wildman–Crippen LogP) is 1.66. The Labute approximate surface area is 94.3 Å². The molecule has 0 atom stereocenters. The summed E-state index contributed by atoms with van der Waals surface area (Å²) in [6.45, 7) is 5.30. The second kappa shape index (κ2) is 5.70. The van der Waals surface area contributed by atoms with Gasteiger partial charge in [0.2, 0.25) is 0 Å². The van der Waals surface area contributed by atoms with Gasteiger partial charge in [-0.25, -0.2) is 9.78 Å². The number of aromatic nitrogens is 1. The molecule has 0 saturated heterocycles. The van der Waals surface area contributed by atoms with Crippen LogP contribution in [0.1, 0.15) is 17.6 Å². The van der Waals surface area contributed by atoms with E-state index in [4.69, 9.17) is 0 Å². The van der Waals surface area contributed by atoms with Gasteiger partial charge < -0.3 is 10.2 Å². The second-order valence-electron chi connectivity index (χ2n) is 3.38. The molecule has 1 aromatic heterocycles. The highest BCUT2D eigenvalue weighted by Gasteiger charge is 2.05. The van der Waals surface area contributed by atoms with E-state index in [1.54, 1.807) is 23.3 Å². The van der Waals surface area contributed by atoms with Crippen LogP contribution in [0.15, 0.2) is 5.38 Å². The highest BCUT2D eigenvalue weighted by atomic mass is 32.1. The van der Waals surface area contributed by atoms with Crippen LogP contribution in [-0.2, 0) is 6.42 Å². The zero-order chi connectivity index (χ0) is 11.3. The van der Waals surface area contributed by atoms with Crippen molar-refractivity contribution in [2.75, 3.05) is 20.1 Å². The van der Waals surface area contributed by atoms with Crippen molar-refractivity contribution in [1.29, 1.82) is 0 Å².